The lowest BCUT2D eigenvalue weighted by Crippen LogP contribution is -2.27. The summed E-state index contributed by atoms with van der Waals surface area (Å²) in [5, 5.41) is 3.04. The first-order valence-corrected chi connectivity index (χ1v) is 8.32. The average Bonchev–Trinajstić information content (AvgIpc) is 2.82. The molecule has 2 aliphatic rings. The lowest BCUT2D eigenvalue weighted by atomic mass is 9.88. The first kappa shape index (κ1) is 12.4. The summed E-state index contributed by atoms with van der Waals surface area (Å²) in [6, 6.07) is 0. The van der Waals surface area contributed by atoms with Gasteiger partial charge in [-0.1, -0.05) is 32.1 Å². The van der Waals surface area contributed by atoms with E-state index in [2.05, 4.69) is 5.32 Å². The molecule has 2 fully saturated rings. The van der Waals surface area contributed by atoms with Gasteiger partial charge in [-0.15, -0.1) is 0 Å². The van der Waals surface area contributed by atoms with Gasteiger partial charge in [0.05, 0.1) is 11.0 Å². The van der Waals surface area contributed by atoms with E-state index in [1.165, 1.54) is 32.1 Å². The molecular formula is C12H23NO2S. The van der Waals surface area contributed by atoms with Crippen molar-refractivity contribution in [3.05, 3.63) is 0 Å². The van der Waals surface area contributed by atoms with Crippen molar-refractivity contribution in [2.24, 2.45) is 5.92 Å². The SMILES string of the molecule is O=S(=O)(CCC1CCCCC1)C1CCNC1. The van der Waals surface area contributed by atoms with Gasteiger partial charge in [0.1, 0.15) is 0 Å². The molecule has 0 aromatic rings. The molecule has 0 aromatic carbocycles. The second-order valence-electron chi connectivity index (χ2n) is 5.27. The van der Waals surface area contributed by atoms with Crippen molar-refractivity contribution in [1.29, 1.82) is 0 Å². The summed E-state index contributed by atoms with van der Waals surface area (Å²) in [5.74, 6) is 1.10. The van der Waals surface area contributed by atoms with E-state index in [0.717, 1.165) is 19.4 Å². The lowest BCUT2D eigenvalue weighted by Gasteiger charge is -2.22. The molecule has 1 N–H and O–H groups in total. The molecule has 0 aromatic heterocycles. The van der Waals surface area contributed by atoms with Crippen LogP contribution in [0.25, 0.3) is 0 Å². The van der Waals surface area contributed by atoms with E-state index < -0.39 is 9.84 Å². The van der Waals surface area contributed by atoms with Gasteiger partial charge >= 0.3 is 0 Å². The molecule has 3 nitrogen and oxygen atoms in total. The van der Waals surface area contributed by atoms with Crippen LogP contribution in [0.5, 0.6) is 0 Å². The zero-order chi connectivity index (χ0) is 11.4. The molecule has 0 spiro atoms. The molecule has 1 unspecified atom stereocenters. The highest BCUT2D eigenvalue weighted by atomic mass is 32.2. The second-order valence-corrected chi connectivity index (χ2v) is 7.68. The normalized spacial score (nSPS) is 28.4. The minimum absolute atomic E-state index is 0.101. The van der Waals surface area contributed by atoms with Gasteiger partial charge in [-0.3, -0.25) is 0 Å². The molecule has 2 rings (SSSR count). The van der Waals surface area contributed by atoms with Gasteiger partial charge in [-0.2, -0.15) is 0 Å². The molecule has 1 aliphatic carbocycles. The van der Waals surface area contributed by atoms with Crippen LogP contribution in [0.15, 0.2) is 0 Å². The van der Waals surface area contributed by atoms with Gasteiger partial charge in [0.15, 0.2) is 9.84 Å². The standard InChI is InChI=1S/C12H23NO2S/c14-16(15,12-6-8-13-10-12)9-7-11-4-2-1-3-5-11/h11-13H,1-10H2. The highest BCUT2D eigenvalue weighted by Crippen LogP contribution is 2.27. The Labute approximate surface area is 98.9 Å². The molecule has 4 heteroatoms. The van der Waals surface area contributed by atoms with Crippen molar-refractivity contribution in [2.45, 2.75) is 50.2 Å². The molecule has 0 radical (unpaired) electrons. The smallest absolute Gasteiger partial charge is 0.154 e. The fraction of sp³-hybridized carbons (Fsp3) is 1.00. The molecule has 16 heavy (non-hydrogen) atoms. The van der Waals surface area contributed by atoms with Crippen molar-refractivity contribution in [2.75, 3.05) is 18.8 Å². The molecule has 0 amide bonds. The topological polar surface area (TPSA) is 46.2 Å². The van der Waals surface area contributed by atoms with Gasteiger partial charge in [-0.25, -0.2) is 8.42 Å². The predicted octanol–water partition coefficient (Wildman–Crippen LogP) is 1.73. The third-order valence-corrected chi connectivity index (χ3v) is 6.28. The number of sulfone groups is 1. The molecule has 1 heterocycles. The molecule has 94 valence electrons. The van der Waals surface area contributed by atoms with Crippen molar-refractivity contribution in [3.63, 3.8) is 0 Å². The Balaban J connectivity index is 1.79. The van der Waals surface area contributed by atoms with Gasteiger partial charge in [0, 0.05) is 6.54 Å². The number of nitrogens with one attached hydrogen (secondary N) is 1. The van der Waals surface area contributed by atoms with E-state index >= 15 is 0 Å². The summed E-state index contributed by atoms with van der Waals surface area (Å²) < 4.78 is 24.1. The van der Waals surface area contributed by atoms with E-state index in [-0.39, 0.29) is 5.25 Å². The molecule has 1 atom stereocenters. The summed E-state index contributed by atoms with van der Waals surface area (Å²) in [4.78, 5) is 0. The Morgan fingerprint density at radius 2 is 1.81 bits per heavy atom. The zero-order valence-corrected chi connectivity index (χ0v) is 10.8. The number of rotatable bonds is 4. The van der Waals surface area contributed by atoms with Crippen molar-refractivity contribution in [3.8, 4) is 0 Å². The van der Waals surface area contributed by atoms with Gasteiger partial charge < -0.3 is 5.32 Å². The third kappa shape index (κ3) is 3.20. The maximum atomic E-state index is 12.0. The van der Waals surface area contributed by atoms with Gasteiger partial charge in [0.25, 0.3) is 0 Å². The van der Waals surface area contributed by atoms with Crippen LogP contribution in [0.4, 0.5) is 0 Å². The van der Waals surface area contributed by atoms with Crippen LogP contribution >= 0.6 is 0 Å². The van der Waals surface area contributed by atoms with E-state index in [0.29, 0.717) is 18.2 Å². The van der Waals surface area contributed by atoms with Crippen molar-refractivity contribution < 1.29 is 8.42 Å². The minimum atomic E-state index is -2.82. The minimum Gasteiger partial charge on any atom is -0.315 e. The monoisotopic (exact) mass is 245 g/mol. The van der Waals surface area contributed by atoms with E-state index in [4.69, 9.17) is 0 Å². The third-order valence-electron chi connectivity index (χ3n) is 4.06. The molecule has 0 bridgehead atoms. The quantitative estimate of drug-likeness (QED) is 0.820. The summed E-state index contributed by atoms with van der Waals surface area (Å²) in [7, 11) is -2.82. The van der Waals surface area contributed by atoms with Crippen LogP contribution in [-0.4, -0.2) is 32.5 Å². The van der Waals surface area contributed by atoms with E-state index in [1.54, 1.807) is 0 Å². The van der Waals surface area contributed by atoms with Gasteiger partial charge in [-0.05, 0) is 25.3 Å². The molecule has 1 aliphatic heterocycles. The maximum absolute atomic E-state index is 12.0. The predicted molar refractivity (Wildman–Crippen MR) is 66.3 cm³/mol. The lowest BCUT2D eigenvalue weighted by molar-refractivity contribution is 0.349. The van der Waals surface area contributed by atoms with Crippen molar-refractivity contribution >= 4 is 9.84 Å². The summed E-state index contributed by atoms with van der Waals surface area (Å²) in [6.07, 6.45) is 8.16. The first-order chi connectivity index (χ1) is 7.68. The van der Waals surface area contributed by atoms with Crippen LogP contribution in [0.1, 0.15) is 44.9 Å². The molecular weight excluding hydrogens is 222 g/mol. The highest BCUT2D eigenvalue weighted by molar-refractivity contribution is 7.92. The van der Waals surface area contributed by atoms with Crippen LogP contribution in [0.2, 0.25) is 0 Å². The van der Waals surface area contributed by atoms with Crippen LogP contribution < -0.4 is 5.32 Å². The summed E-state index contributed by atoms with van der Waals surface area (Å²) >= 11 is 0. The number of hydrogen-bond donors (Lipinski definition) is 1. The van der Waals surface area contributed by atoms with Gasteiger partial charge in [0.2, 0.25) is 0 Å². The fourth-order valence-corrected chi connectivity index (χ4v) is 4.75. The fourth-order valence-electron chi connectivity index (χ4n) is 2.91. The summed E-state index contributed by atoms with van der Waals surface area (Å²) in [5.41, 5.74) is 0. The maximum Gasteiger partial charge on any atom is 0.154 e. The number of hydrogen-bond acceptors (Lipinski definition) is 3. The first-order valence-electron chi connectivity index (χ1n) is 6.61. The highest BCUT2D eigenvalue weighted by Gasteiger charge is 2.29. The van der Waals surface area contributed by atoms with Crippen molar-refractivity contribution in [1.82, 2.24) is 5.32 Å². The Kier molecular flexibility index (Phi) is 4.25. The Morgan fingerprint density at radius 1 is 1.06 bits per heavy atom. The molecule has 1 saturated carbocycles. The zero-order valence-electron chi connectivity index (χ0n) is 9.95. The van der Waals surface area contributed by atoms with E-state index in [9.17, 15) is 8.42 Å². The van der Waals surface area contributed by atoms with Crippen LogP contribution in [0, 0.1) is 5.92 Å². The molecule has 1 saturated heterocycles. The Bertz CT molecular complexity index is 301. The largest absolute Gasteiger partial charge is 0.315 e. The Morgan fingerprint density at radius 3 is 2.44 bits per heavy atom. The van der Waals surface area contributed by atoms with Crippen LogP contribution in [-0.2, 0) is 9.84 Å². The average molecular weight is 245 g/mol. The van der Waals surface area contributed by atoms with E-state index in [1.807, 2.05) is 0 Å². The Hall–Kier alpha value is -0.0900. The summed E-state index contributed by atoms with van der Waals surface area (Å²) in [6.45, 7) is 1.54. The van der Waals surface area contributed by atoms with Crippen LogP contribution in [0.3, 0.4) is 0 Å². The second kappa shape index (κ2) is 5.50.